The summed E-state index contributed by atoms with van der Waals surface area (Å²) in [5.41, 5.74) is -0.819. The maximum atomic E-state index is 9.19. The minimum atomic E-state index is -0.819. The molecular formula is C7H16O3. The molecule has 0 fully saturated rings. The van der Waals surface area contributed by atoms with Gasteiger partial charge in [-0.3, -0.25) is 0 Å². The third-order valence-electron chi connectivity index (χ3n) is 1.61. The van der Waals surface area contributed by atoms with Gasteiger partial charge in [0.2, 0.25) is 0 Å². The lowest BCUT2D eigenvalue weighted by Gasteiger charge is -2.21. The van der Waals surface area contributed by atoms with Crippen molar-refractivity contribution in [2.75, 3.05) is 6.61 Å². The number of rotatable bonds is 3. The predicted molar refractivity (Wildman–Crippen MR) is 39.7 cm³/mol. The first kappa shape index (κ1) is 12.3. The van der Waals surface area contributed by atoms with Gasteiger partial charge in [0.1, 0.15) is 6.79 Å². The van der Waals surface area contributed by atoms with Crippen molar-refractivity contribution < 1.29 is 15.0 Å². The van der Waals surface area contributed by atoms with E-state index in [9.17, 15) is 5.11 Å². The summed E-state index contributed by atoms with van der Waals surface area (Å²) in [6.07, 6.45) is 1.25. The van der Waals surface area contributed by atoms with Crippen molar-refractivity contribution in [2.45, 2.75) is 32.3 Å². The Kier molecular flexibility index (Phi) is 8.24. The van der Waals surface area contributed by atoms with E-state index >= 15 is 0 Å². The van der Waals surface area contributed by atoms with Crippen LogP contribution in [0.3, 0.4) is 0 Å². The van der Waals surface area contributed by atoms with Crippen LogP contribution in [0.25, 0.3) is 0 Å². The van der Waals surface area contributed by atoms with Crippen LogP contribution < -0.4 is 0 Å². The van der Waals surface area contributed by atoms with Gasteiger partial charge in [0.05, 0.1) is 12.2 Å². The van der Waals surface area contributed by atoms with Crippen molar-refractivity contribution in [3.63, 3.8) is 0 Å². The number of carbonyl (C=O) groups excluding carboxylic acids is 1. The van der Waals surface area contributed by atoms with E-state index in [2.05, 4.69) is 0 Å². The van der Waals surface area contributed by atoms with E-state index in [0.29, 0.717) is 12.8 Å². The fourth-order valence-electron chi connectivity index (χ4n) is 0.474. The van der Waals surface area contributed by atoms with Crippen molar-refractivity contribution >= 4 is 6.79 Å². The van der Waals surface area contributed by atoms with Gasteiger partial charge in [-0.15, -0.1) is 0 Å². The molecule has 10 heavy (non-hydrogen) atoms. The first-order valence-corrected chi connectivity index (χ1v) is 3.30. The number of aliphatic hydroxyl groups is 2. The molecule has 0 rings (SSSR count). The maximum absolute atomic E-state index is 9.19. The second-order valence-corrected chi connectivity index (χ2v) is 2.09. The molecule has 0 atom stereocenters. The Balaban J connectivity index is 0. The summed E-state index contributed by atoms with van der Waals surface area (Å²) in [4.78, 5) is 8.00. The van der Waals surface area contributed by atoms with Crippen molar-refractivity contribution in [3.05, 3.63) is 0 Å². The Bertz CT molecular complexity index is 61.0. The van der Waals surface area contributed by atoms with E-state index in [1.165, 1.54) is 0 Å². The first-order chi connectivity index (χ1) is 4.68. The molecule has 0 aromatic rings. The smallest absolute Gasteiger partial charge is 0.106 e. The van der Waals surface area contributed by atoms with Crippen LogP contribution in [-0.2, 0) is 4.79 Å². The quantitative estimate of drug-likeness (QED) is 0.607. The highest BCUT2D eigenvalue weighted by Crippen LogP contribution is 2.11. The zero-order chi connectivity index (χ0) is 8.62. The van der Waals surface area contributed by atoms with Crippen LogP contribution in [0.5, 0.6) is 0 Å². The fraction of sp³-hybridized carbons (Fsp3) is 0.857. The van der Waals surface area contributed by atoms with Gasteiger partial charge in [0.15, 0.2) is 0 Å². The molecule has 2 N–H and O–H groups in total. The van der Waals surface area contributed by atoms with Crippen LogP contribution in [0.2, 0.25) is 0 Å². The Morgan fingerprint density at radius 2 is 1.60 bits per heavy atom. The molecule has 3 heteroatoms. The summed E-state index contributed by atoms with van der Waals surface area (Å²) in [6.45, 7) is 5.60. The van der Waals surface area contributed by atoms with E-state index < -0.39 is 5.60 Å². The standard InChI is InChI=1S/C6H14O2.CH2O/c1-3-6(8,4-2)5-7;1-2/h7-8H,3-5H2,1-2H3;1H2. The summed E-state index contributed by atoms with van der Waals surface area (Å²) < 4.78 is 0. The second kappa shape index (κ2) is 6.71. The van der Waals surface area contributed by atoms with Gasteiger partial charge in [-0.05, 0) is 12.8 Å². The molecule has 0 heterocycles. The van der Waals surface area contributed by atoms with Gasteiger partial charge in [-0.1, -0.05) is 13.8 Å². The van der Waals surface area contributed by atoms with E-state index in [4.69, 9.17) is 9.90 Å². The van der Waals surface area contributed by atoms with Crippen LogP contribution in [0, 0.1) is 0 Å². The average Bonchev–Trinajstić information content (AvgIpc) is 2.07. The molecule has 0 aliphatic rings. The molecule has 0 radical (unpaired) electrons. The van der Waals surface area contributed by atoms with Gasteiger partial charge >= 0.3 is 0 Å². The molecule has 0 aromatic heterocycles. The summed E-state index contributed by atoms with van der Waals surface area (Å²) >= 11 is 0. The number of hydrogen-bond donors (Lipinski definition) is 2. The van der Waals surface area contributed by atoms with Crippen LogP contribution in [0.15, 0.2) is 0 Å². The number of aliphatic hydroxyl groups excluding tert-OH is 1. The third kappa shape index (κ3) is 4.47. The molecule has 3 nitrogen and oxygen atoms in total. The second-order valence-electron chi connectivity index (χ2n) is 2.09. The van der Waals surface area contributed by atoms with E-state index in [1.807, 2.05) is 20.6 Å². The van der Waals surface area contributed by atoms with Crippen LogP contribution in [0.1, 0.15) is 26.7 Å². The van der Waals surface area contributed by atoms with Gasteiger partial charge in [-0.2, -0.15) is 0 Å². The van der Waals surface area contributed by atoms with Crippen LogP contribution >= 0.6 is 0 Å². The Labute approximate surface area is 61.7 Å². The predicted octanol–water partition coefficient (Wildman–Crippen LogP) is 0.345. The molecule has 0 saturated carbocycles. The molecule has 0 aliphatic heterocycles. The lowest BCUT2D eigenvalue weighted by Crippen LogP contribution is -2.30. The largest absolute Gasteiger partial charge is 0.393 e. The van der Waals surface area contributed by atoms with E-state index in [1.54, 1.807) is 0 Å². The zero-order valence-electron chi connectivity index (χ0n) is 6.63. The molecule has 0 unspecified atom stereocenters. The van der Waals surface area contributed by atoms with Gasteiger partial charge < -0.3 is 15.0 Å². The molecule has 0 aliphatic carbocycles. The molecule has 0 amide bonds. The minimum Gasteiger partial charge on any atom is -0.393 e. The lowest BCUT2D eigenvalue weighted by molar-refractivity contribution is -0.0979. The Hall–Kier alpha value is -0.410. The summed E-state index contributed by atoms with van der Waals surface area (Å²) in [5, 5.41) is 17.7. The average molecular weight is 148 g/mol. The topological polar surface area (TPSA) is 57.5 Å². The number of carbonyl (C=O) groups is 1. The Morgan fingerprint density at radius 1 is 1.30 bits per heavy atom. The fourth-order valence-corrected chi connectivity index (χ4v) is 0.474. The molecule has 0 saturated heterocycles. The molecule has 0 bridgehead atoms. The maximum Gasteiger partial charge on any atom is 0.106 e. The highest BCUT2D eigenvalue weighted by Gasteiger charge is 2.19. The van der Waals surface area contributed by atoms with E-state index in [0.717, 1.165) is 0 Å². The summed E-state index contributed by atoms with van der Waals surface area (Å²) in [5.74, 6) is 0. The first-order valence-electron chi connectivity index (χ1n) is 3.30. The van der Waals surface area contributed by atoms with Crippen molar-refractivity contribution in [2.24, 2.45) is 0 Å². The molecule has 62 valence electrons. The van der Waals surface area contributed by atoms with Crippen molar-refractivity contribution in [1.29, 1.82) is 0 Å². The number of hydrogen-bond acceptors (Lipinski definition) is 3. The third-order valence-corrected chi connectivity index (χ3v) is 1.61. The van der Waals surface area contributed by atoms with Crippen LogP contribution in [0.4, 0.5) is 0 Å². The minimum absolute atomic E-state index is 0.125. The zero-order valence-corrected chi connectivity index (χ0v) is 6.63. The Morgan fingerprint density at radius 3 is 1.60 bits per heavy atom. The highest BCUT2D eigenvalue weighted by molar-refractivity contribution is 5.10. The summed E-state index contributed by atoms with van der Waals surface area (Å²) in [6, 6.07) is 0. The highest BCUT2D eigenvalue weighted by atomic mass is 16.3. The lowest BCUT2D eigenvalue weighted by atomic mass is 9.99. The van der Waals surface area contributed by atoms with Gasteiger partial charge in [0, 0.05) is 0 Å². The monoisotopic (exact) mass is 148 g/mol. The van der Waals surface area contributed by atoms with Crippen LogP contribution in [-0.4, -0.2) is 29.2 Å². The van der Waals surface area contributed by atoms with Gasteiger partial charge in [0.25, 0.3) is 0 Å². The normalized spacial score (nSPS) is 10.0. The SMILES string of the molecule is C=O.CCC(O)(CC)CO. The summed E-state index contributed by atoms with van der Waals surface area (Å²) in [7, 11) is 0. The molecular weight excluding hydrogens is 132 g/mol. The van der Waals surface area contributed by atoms with E-state index in [-0.39, 0.29) is 6.61 Å². The molecule has 0 spiro atoms. The molecule has 0 aromatic carbocycles. The van der Waals surface area contributed by atoms with Crippen molar-refractivity contribution in [3.8, 4) is 0 Å². The van der Waals surface area contributed by atoms with Gasteiger partial charge in [-0.25, -0.2) is 0 Å². The van der Waals surface area contributed by atoms with Crippen molar-refractivity contribution in [1.82, 2.24) is 0 Å².